The van der Waals surface area contributed by atoms with Gasteiger partial charge in [0.1, 0.15) is 5.82 Å². The number of aromatic nitrogens is 3. The molecule has 0 aliphatic rings. The smallest absolute Gasteiger partial charge is 0.250 e. The van der Waals surface area contributed by atoms with Crippen molar-refractivity contribution in [3.05, 3.63) is 41.2 Å². The quantitative estimate of drug-likeness (QED) is 0.868. The zero-order chi connectivity index (χ0) is 14.9. The average molecular weight is 293 g/mol. The Morgan fingerprint density at radius 2 is 1.95 bits per heavy atom. The largest absolute Gasteiger partial charge is 0.302 e. The van der Waals surface area contributed by atoms with Crippen LogP contribution in [-0.2, 0) is 16.4 Å². The molecule has 0 radical (unpaired) electrons. The average Bonchev–Trinajstić information content (AvgIpc) is 2.79. The normalized spacial score (nSPS) is 13.4. The molecule has 0 aliphatic carbocycles. The highest BCUT2D eigenvalue weighted by Gasteiger charge is 2.30. The van der Waals surface area contributed by atoms with Crippen molar-refractivity contribution < 1.29 is 8.42 Å². The molecule has 1 atom stereocenters. The van der Waals surface area contributed by atoms with Gasteiger partial charge in [-0.1, -0.05) is 29.8 Å². The Bertz CT molecular complexity index is 720. The minimum absolute atomic E-state index is 0.0477. The minimum atomic E-state index is -3.54. The molecule has 0 N–H and O–H groups in total. The molecule has 0 spiro atoms. The molecule has 0 saturated carbocycles. The molecule has 6 heteroatoms. The fourth-order valence-electron chi connectivity index (χ4n) is 2.20. The van der Waals surface area contributed by atoms with E-state index in [9.17, 15) is 8.42 Å². The third-order valence-corrected chi connectivity index (χ3v) is 5.46. The molecule has 0 amide bonds. The Hall–Kier alpha value is -1.69. The van der Waals surface area contributed by atoms with Gasteiger partial charge in [0, 0.05) is 6.54 Å². The molecule has 5 nitrogen and oxygen atoms in total. The van der Waals surface area contributed by atoms with Gasteiger partial charge in [0.25, 0.3) is 0 Å². The molecule has 1 aromatic carbocycles. The van der Waals surface area contributed by atoms with Crippen molar-refractivity contribution in [2.24, 2.45) is 0 Å². The zero-order valence-electron chi connectivity index (χ0n) is 12.2. The molecule has 1 heterocycles. The maximum Gasteiger partial charge on any atom is 0.250 e. The van der Waals surface area contributed by atoms with Crippen molar-refractivity contribution in [3.63, 3.8) is 0 Å². The molecular weight excluding hydrogens is 274 g/mol. The van der Waals surface area contributed by atoms with E-state index in [0.29, 0.717) is 12.4 Å². The van der Waals surface area contributed by atoms with Gasteiger partial charge in [-0.15, -0.1) is 10.2 Å². The van der Waals surface area contributed by atoms with Crippen LogP contribution in [0.2, 0.25) is 0 Å². The number of benzene rings is 1. The van der Waals surface area contributed by atoms with Gasteiger partial charge in [-0.2, -0.15) is 0 Å². The van der Waals surface area contributed by atoms with Gasteiger partial charge in [0.05, 0.1) is 5.25 Å². The lowest BCUT2D eigenvalue weighted by Crippen LogP contribution is -2.17. The zero-order valence-corrected chi connectivity index (χ0v) is 13.0. The molecule has 2 rings (SSSR count). The fourth-order valence-corrected chi connectivity index (χ4v) is 3.74. The number of hydrogen-bond donors (Lipinski definition) is 0. The Labute approximate surface area is 119 Å². The molecule has 0 saturated heterocycles. The molecule has 108 valence electrons. The summed E-state index contributed by atoms with van der Waals surface area (Å²) in [5.41, 5.74) is 1.81. The lowest BCUT2D eigenvalue weighted by molar-refractivity contribution is 0.556. The van der Waals surface area contributed by atoms with Crippen LogP contribution in [-0.4, -0.2) is 23.2 Å². The van der Waals surface area contributed by atoms with Gasteiger partial charge in [-0.05, 0) is 33.3 Å². The van der Waals surface area contributed by atoms with Gasteiger partial charge >= 0.3 is 0 Å². The van der Waals surface area contributed by atoms with Gasteiger partial charge in [-0.25, -0.2) is 8.42 Å². The Morgan fingerprint density at radius 3 is 2.55 bits per heavy atom. The van der Waals surface area contributed by atoms with E-state index in [-0.39, 0.29) is 5.16 Å². The van der Waals surface area contributed by atoms with Crippen LogP contribution >= 0.6 is 0 Å². The van der Waals surface area contributed by atoms with E-state index in [1.165, 1.54) is 0 Å². The van der Waals surface area contributed by atoms with E-state index in [1.807, 2.05) is 38.1 Å². The van der Waals surface area contributed by atoms with Crippen LogP contribution in [0.15, 0.2) is 29.4 Å². The van der Waals surface area contributed by atoms with Crippen LogP contribution < -0.4 is 0 Å². The fraction of sp³-hybridized carbons (Fsp3) is 0.429. The van der Waals surface area contributed by atoms with Crippen LogP contribution in [0.3, 0.4) is 0 Å². The van der Waals surface area contributed by atoms with Crippen molar-refractivity contribution in [1.82, 2.24) is 14.8 Å². The second-order valence-corrected chi connectivity index (χ2v) is 7.04. The van der Waals surface area contributed by atoms with Gasteiger partial charge in [0.15, 0.2) is 0 Å². The molecular formula is C14H19N3O2S. The number of hydrogen-bond acceptors (Lipinski definition) is 4. The molecule has 1 aromatic heterocycles. The van der Waals surface area contributed by atoms with Crippen LogP contribution in [0.25, 0.3) is 0 Å². The van der Waals surface area contributed by atoms with Crippen molar-refractivity contribution in [3.8, 4) is 0 Å². The molecule has 2 aromatic rings. The van der Waals surface area contributed by atoms with Gasteiger partial charge in [-0.3, -0.25) is 0 Å². The SMILES string of the molecule is CCn1c(C)nnc1S(=O)(=O)C(C)c1cccc(C)c1. The van der Waals surface area contributed by atoms with Gasteiger partial charge < -0.3 is 4.57 Å². The predicted molar refractivity (Wildman–Crippen MR) is 77.2 cm³/mol. The van der Waals surface area contributed by atoms with E-state index in [2.05, 4.69) is 10.2 Å². The van der Waals surface area contributed by atoms with Crippen LogP contribution in [0.5, 0.6) is 0 Å². The molecule has 0 aliphatic heterocycles. The summed E-state index contributed by atoms with van der Waals surface area (Å²) < 4.78 is 27.1. The van der Waals surface area contributed by atoms with E-state index in [4.69, 9.17) is 0 Å². The summed E-state index contributed by atoms with van der Waals surface area (Å²) >= 11 is 0. The number of aryl methyl sites for hydroxylation is 2. The summed E-state index contributed by atoms with van der Waals surface area (Å²) in [7, 11) is -3.54. The highest BCUT2D eigenvalue weighted by atomic mass is 32.2. The summed E-state index contributed by atoms with van der Waals surface area (Å²) in [5, 5.41) is 7.14. The Balaban J connectivity index is 2.49. The van der Waals surface area contributed by atoms with Crippen LogP contribution in [0, 0.1) is 13.8 Å². The summed E-state index contributed by atoms with van der Waals surface area (Å²) in [5.74, 6) is 0.613. The third kappa shape index (κ3) is 2.47. The molecule has 0 fully saturated rings. The van der Waals surface area contributed by atoms with Crippen molar-refractivity contribution >= 4 is 9.84 Å². The lowest BCUT2D eigenvalue weighted by Gasteiger charge is -2.14. The first-order valence-corrected chi connectivity index (χ1v) is 8.12. The second-order valence-electron chi connectivity index (χ2n) is 4.88. The molecule has 1 unspecified atom stereocenters. The van der Waals surface area contributed by atoms with Crippen molar-refractivity contribution in [1.29, 1.82) is 0 Å². The number of nitrogens with zero attached hydrogens (tertiary/aromatic N) is 3. The minimum Gasteiger partial charge on any atom is -0.302 e. The standard InChI is InChI=1S/C14H19N3O2S/c1-5-17-12(4)15-16-14(17)20(18,19)11(3)13-8-6-7-10(2)9-13/h6-9,11H,5H2,1-4H3. The maximum absolute atomic E-state index is 12.7. The summed E-state index contributed by atoms with van der Waals surface area (Å²) in [6, 6.07) is 7.53. The van der Waals surface area contributed by atoms with Crippen molar-refractivity contribution in [2.75, 3.05) is 0 Å². The first kappa shape index (κ1) is 14.7. The summed E-state index contributed by atoms with van der Waals surface area (Å²) in [4.78, 5) is 0. The molecule has 20 heavy (non-hydrogen) atoms. The third-order valence-electron chi connectivity index (χ3n) is 3.45. The topological polar surface area (TPSA) is 64.8 Å². The van der Waals surface area contributed by atoms with Gasteiger partial charge in [0.2, 0.25) is 15.0 Å². The maximum atomic E-state index is 12.7. The lowest BCUT2D eigenvalue weighted by atomic mass is 10.1. The van der Waals surface area contributed by atoms with E-state index in [0.717, 1.165) is 11.1 Å². The predicted octanol–water partition coefficient (Wildman–Crippen LogP) is 2.45. The Morgan fingerprint density at radius 1 is 1.25 bits per heavy atom. The second kappa shape index (κ2) is 5.36. The van der Waals surface area contributed by atoms with Crippen LogP contribution in [0.1, 0.15) is 36.0 Å². The first-order chi connectivity index (χ1) is 9.37. The van der Waals surface area contributed by atoms with Crippen molar-refractivity contribution in [2.45, 2.75) is 44.6 Å². The summed E-state index contributed by atoms with van der Waals surface area (Å²) in [6.45, 7) is 7.81. The van der Waals surface area contributed by atoms with Crippen LogP contribution in [0.4, 0.5) is 0 Å². The van der Waals surface area contributed by atoms with E-state index in [1.54, 1.807) is 18.4 Å². The number of rotatable bonds is 4. The molecule has 0 bridgehead atoms. The Kier molecular flexibility index (Phi) is 3.94. The monoisotopic (exact) mass is 293 g/mol. The highest BCUT2D eigenvalue weighted by molar-refractivity contribution is 7.91. The summed E-state index contributed by atoms with van der Waals surface area (Å²) in [6.07, 6.45) is 0. The van der Waals surface area contributed by atoms with E-state index < -0.39 is 15.1 Å². The number of sulfone groups is 1. The van der Waals surface area contributed by atoms with E-state index >= 15 is 0 Å². The highest BCUT2D eigenvalue weighted by Crippen LogP contribution is 2.28. The first-order valence-electron chi connectivity index (χ1n) is 6.58.